The highest BCUT2D eigenvalue weighted by molar-refractivity contribution is 6.04. The number of nitrogens with zero attached hydrogens (tertiary/aromatic N) is 3. The predicted octanol–water partition coefficient (Wildman–Crippen LogP) is 3.41. The fourth-order valence-electron chi connectivity index (χ4n) is 2.31. The van der Waals surface area contributed by atoms with Gasteiger partial charge in [-0.3, -0.25) is 9.36 Å². The van der Waals surface area contributed by atoms with Gasteiger partial charge >= 0.3 is 0 Å². The minimum Gasteiger partial charge on any atom is -0.322 e. The molecule has 0 fully saturated rings. The van der Waals surface area contributed by atoms with E-state index < -0.39 is 17.5 Å². The van der Waals surface area contributed by atoms with E-state index in [1.54, 1.807) is 36.0 Å². The third-order valence-corrected chi connectivity index (χ3v) is 3.59. The molecule has 3 aromatic rings. The summed E-state index contributed by atoms with van der Waals surface area (Å²) in [6, 6.07) is 8.86. The van der Waals surface area contributed by atoms with Crippen LogP contribution in [0.5, 0.6) is 0 Å². The SMILES string of the molecule is Cc1cc(C(=O)Nc2cccc(-n3cnnc3C)c2)c(F)cc1F. The highest BCUT2D eigenvalue weighted by Crippen LogP contribution is 2.19. The number of nitrogens with one attached hydrogen (secondary N) is 1. The van der Waals surface area contributed by atoms with E-state index in [0.717, 1.165) is 5.69 Å². The molecule has 0 unspecified atom stereocenters. The lowest BCUT2D eigenvalue weighted by atomic mass is 10.1. The van der Waals surface area contributed by atoms with Crippen LogP contribution in [-0.2, 0) is 0 Å². The van der Waals surface area contributed by atoms with Crippen LogP contribution in [0.25, 0.3) is 5.69 Å². The Balaban J connectivity index is 1.88. The van der Waals surface area contributed by atoms with E-state index in [2.05, 4.69) is 15.5 Å². The predicted molar refractivity (Wildman–Crippen MR) is 85.1 cm³/mol. The second-order valence-corrected chi connectivity index (χ2v) is 5.33. The molecule has 122 valence electrons. The monoisotopic (exact) mass is 328 g/mol. The maximum absolute atomic E-state index is 13.8. The molecule has 7 heteroatoms. The van der Waals surface area contributed by atoms with Crippen LogP contribution in [0.4, 0.5) is 14.5 Å². The van der Waals surface area contributed by atoms with Crippen LogP contribution in [0.15, 0.2) is 42.7 Å². The largest absolute Gasteiger partial charge is 0.322 e. The van der Waals surface area contributed by atoms with Crippen molar-refractivity contribution >= 4 is 11.6 Å². The number of carbonyl (C=O) groups excluding carboxylic acids is 1. The van der Waals surface area contributed by atoms with Crippen LogP contribution >= 0.6 is 0 Å². The number of carbonyl (C=O) groups is 1. The van der Waals surface area contributed by atoms with Crippen LogP contribution in [0.2, 0.25) is 0 Å². The van der Waals surface area contributed by atoms with Gasteiger partial charge < -0.3 is 5.32 Å². The van der Waals surface area contributed by atoms with Crippen molar-refractivity contribution in [1.82, 2.24) is 14.8 Å². The maximum Gasteiger partial charge on any atom is 0.258 e. The minimum absolute atomic E-state index is 0.204. The number of halogens is 2. The Labute approximate surface area is 137 Å². The molecule has 0 aliphatic heterocycles. The van der Waals surface area contributed by atoms with E-state index in [-0.39, 0.29) is 11.1 Å². The average molecular weight is 328 g/mol. The van der Waals surface area contributed by atoms with Gasteiger partial charge in [-0.15, -0.1) is 10.2 Å². The van der Waals surface area contributed by atoms with Gasteiger partial charge in [0.15, 0.2) is 0 Å². The molecule has 24 heavy (non-hydrogen) atoms. The molecule has 0 atom stereocenters. The Morgan fingerprint density at radius 1 is 1.12 bits per heavy atom. The number of hydrogen-bond donors (Lipinski definition) is 1. The zero-order chi connectivity index (χ0) is 17.3. The van der Waals surface area contributed by atoms with Gasteiger partial charge in [-0.2, -0.15) is 0 Å². The van der Waals surface area contributed by atoms with Gasteiger partial charge in [0.1, 0.15) is 23.8 Å². The van der Waals surface area contributed by atoms with Gasteiger partial charge in [-0.1, -0.05) is 6.07 Å². The highest BCUT2D eigenvalue weighted by Gasteiger charge is 2.15. The van der Waals surface area contributed by atoms with Gasteiger partial charge in [-0.05, 0) is 43.7 Å². The van der Waals surface area contributed by atoms with Crippen molar-refractivity contribution in [1.29, 1.82) is 0 Å². The Bertz CT molecular complexity index is 921. The van der Waals surface area contributed by atoms with E-state index in [4.69, 9.17) is 0 Å². The van der Waals surface area contributed by atoms with Crippen molar-refractivity contribution in [2.75, 3.05) is 5.32 Å². The summed E-state index contributed by atoms with van der Waals surface area (Å²) in [6.07, 6.45) is 1.55. The van der Waals surface area contributed by atoms with Crippen molar-refractivity contribution in [2.45, 2.75) is 13.8 Å². The van der Waals surface area contributed by atoms with Crippen LogP contribution in [0.1, 0.15) is 21.7 Å². The molecule has 0 radical (unpaired) electrons. The lowest BCUT2D eigenvalue weighted by molar-refractivity contribution is 0.102. The third kappa shape index (κ3) is 3.01. The summed E-state index contributed by atoms with van der Waals surface area (Å²) < 4.78 is 28.9. The molecule has 0 bridgehead atoms. The molecular formula is C17H14F2N4O. The Morgan fingerprint density at radius 3 is 2.62 bits per heavy atom. The molecule has 1 amide bonds. The van der Waals surface area contributed by atoms with E-state index in [0.29, 0.717) is 17.6 Å². The summed E-state index contributed by atoms with van der Waals surface area (Å²) in [7, 11) is 0. The van der Waals surface area contributed by atoms with Gasteiger partial charge in [-0.25, -0.2) is 8.78 Å². The molecule has 0 aliphatic rings. The lowest BCUT2D eigenvalue weighted by Crippen LogP contribution is -2.14. The molecule has 0 spiro atoms. The van der Waals surface area contributed by atoms with Crippen LogP contribution < -0.4 is 5.32 Å². The summed E-state index contributed by atoms with van der Waals surface area (Å²) in [6.45, 7) is 3.27. The second-order valence-electron chi connectivity index (χ2n) is 5.33. The fourth-order valence-corrected chi connectivity index (χ4v) is 2.31. The first-order valence-corrected chi connectivity index (χ1v) is 7.20. The Kier molecular flexibility index (Phi) is 4.07. The van der Waals surface area contributed by atoms with E-state index in [1.165, 1.54) is 13.0 Å². The van der Waals surface area contributed by atoms with Gasteiger partial charge in [0.25, 0.3) is 5.91 Å². The number of amides is 1. The first kappa shape index (κ1) is 15.8. The van der Waals surface area contributed by atoms with Crippen LogP contribution in [-0.4, -0.2) is 20.7 Å². The number of anilines is 1. The molecule has 0 saturated carbocycles. The standard InChI is InChI=1S/C17H14F2N4O/c1-10-6-14(16(19)8-15(10)18)17(24)21-12-4-3-5-13(7-12)23-9-20-22-11(23)2/h3-9H,1-2H3,(H,21,24). The van der Waals surface area contributed by atoms with Crippen LogP contribution in [0.3, 0.4) is 0 Å². The summed E-state index contributed by atoms with van der Waals surface area (Å²) in [5.74, 6) is -1.54. The maximum atomic E-state index is 13.8. The fraction of sp³-hybridized carbons (Fsp3) is 0.118. The Morgan fingerprint density at radius 2 is 1.92 bits per heavy atom. The second kappa shape index (κ2) is 6.19. The smallest absolute Gasteiger partial charge is 0.258 e. The number of hydrogen-bond acceptors (Lipinski definition) is 3. The zero-order valence-electron chi connectivity index (χ0n) is 13.0. The number of aromatic nitrogens is 3. The average Bonchev–Trinajstić information content (AvgIpc) is 2.97. The zero-order valence-corrected chi connectivity index (χ0v) is 13.0. The van der Waals surface area contributed by atoms with Crippen molar-refractivity contribution in [3.63, 3.8) is 0 Å². The molecule has 0 saturated heterocycles. The van der Waals surface area contributed by atoms with Crippen molar-refractivity contribution in [2.24, 2.45) is 0 Å². The number of rotatable bonds is 3. The molecule has 0 aliphatic carbocycles. The molecule has 1 N–H and O–H groups in total. The van der Waals surface area contributed by atoms with Gasteiger partial charge in [0.2, 0.25) is 0 Å². The van der Waals surface area contributed by atoms with Crippen molar-refractivity contribution in [3.8, 4) is 5.69 Å². The van der Waals surface area contributed by atoms with E-state index >= 15 is 0 Å². The topological polar surface area (TPSA) is 59.8 Å². The Hall–Kier alpha value is -3.09. The quantitative estimate of drug-likeness (QED) is 0.801. The van der Waals surface area contributed by atoms with E-state index in [9.17, 15) is 13.6 Å². The number of aryl methyl sites for hydroxylation is 2. The van der Waals surface area contributed by atoms with Crippen molar-refractivity contribution < 1.29 is 13.6 Å². The highest BCUT2D eigenvalue weighted by atomic mass is 19.1. The molecule has 1 heterocycles. The van der Waals surface area contributed by atoms with E-state index in [1.807, 2.05) is 6.07 Å². The molecule has 2 aromatic carbocycles. The third-order valence-electron chi connectivity index (χ3n) is 3.59. The van der Waals surface area contributed by atoms with Crippen molar-refractivity contribution in [3.05, 3.63) is 71.3 Å². The first-order chi connectivity index (χ1) is 11.5. The number of benzene rings is 2. The molecule has 1 aromatic heterocycles. The molecule has 3 rings (SSSR count). The summed E-state index contributed by atoms with van der Waals surface area (Å²) in [5, 5.41) is 10.3. The lowest BCUT2D eigenvalue weighted by Gasteiger charge is -2.10. The first-order valence-electron chi connectivity index (χ1n) is 7.20. The summed E-state index contributed by atoms with van der Waals surface area (Å²) >= 11 is 0. The van der Waals surface area contributed by atoms with Crippen LogP contribution in [0, 0.1) is 25.5 Å². The minimum atomic E-state index is -0.901. The summed E-state index contributed by atoms with van der Waals surface area (Å²) in [4.78, 5) is 12.3. The molecule has 5 nitrogen and oxygen atoms in total. The van der Waals surface area contributed by atoms with Gasteiger partial charge in [0, 0.05) is 11.8 Å². The normalized spacial score (nSPS) is 10.7. The summed E-state index contributed by atoms with van der Waals surface area (Å²) in [5.41, 5.74) is 1.23. The van der Waals surface area contributed by atoms with Gasteiger partial charge in [0.05, 0.1) is 11.3 Å². The molecular weight excluding hydrogens is 314 g/mol.